The van der Waals surface area contributed by atoms with Crippen LogP contribution < -0.4 is 19.5 Å². The highest BCUT2D eigenvalue weighted by atomic mass is 16.6. The summed E-state index contributed by atoms with van der Waals surface area (Å²) in [6.45, 7) is 3.30. The van der Waals surface area contributed by atoms with E-state index in [0.717, 1.165) is 12.1 Å². The van der Waals surface area contributed by atoms with E-state index in [1.807, 2.05) is 0 Å². The van der Waals surface area contributed by atoms with Crippen LogP contribution >= 0.6 is 0 Å². The minimum absolute atomic E-state index is 0.116. The van der Waals surface area contributed by atoms with E-state index in [1.54, 1.807) is 31.2 Å². The normalized spacial score (nSPS) is 11.2. The molecule has 30 heavy (non-hydrogen) atoms. The zero-order valence-electron chi connectivity index (χ0n) is 17.0. The molecule has 0 bridgehead atoms. The van der Waals surface area contributed by atoms with Gasteiger partial charge in [-0.2, -0.15) is 0 Å². The lowest BCUT2D eigenvalue weighted by molar-refractivity contribution is -0.385. The summed E-state index contributed by atoms with van der Waals surface area (Å²) in [5.41, 5.74) is -0.500. The first-order chi connectivity index (χ1) is 14.3. The van der Waals surface area contributed by atoms with E-state index < -0.39 is 28.6 Å². The number of nitro groups is 1. The van der Waals surface area contributed by atoms with Gasteiger partial charge in [0.15, 0.2) is 17.6 Å². The maximum Gasteiger partial charge on any atom is 0.346 e. The predicted octanol–water partition coefficient (Wildman–Crippen LogP) is 3.19. The van der Waals surface area contributed by atoms with Crippen molar-refractivity contribution in [2.24, 2.45) is 0 Å². The lowest BCUT2D eigenvalue weighted by Gasteiger charge is -2.16. The van der Waals surface area contributed by atoms with Gasteiger partial charge in [-0.15, -0.1) is 0 Å². The smallest absolute Gasteiger partial charge is 0.346 e. The molecule has 0 radical (unpaired) electrons. The number of nitrogens with one attached hydrogen (secondary N) is 1. The van der Waals surface area contributed by atoms with Crippen molar-refractivity contribution in [1.29, 1.82) is 0 Å². The molecule has 2 aromatic carbocycles. The van der Waals surface area contributed by atoms with Gasteiger partial charge in [0.2, 0.25) is 0 Å². The number of carbonyl (C=O) groups is 2. The minimum Gasteiger partial charge on any atom is -0.495 e. The summed E-state index contributed by atoms with van der Waals surface area (Å²) in [6, 6.07) is 8.94. The van der Waals surface area contributed by atoms with E-state index in [0.29, 0.717) is 11.4 Å². The summed E-state index contributed by atoms with van der Waals surface area (Å²) in [5.74, 6) is -1.01. The summed E-state index contributed by atoms with van der Waals surface area (Å²) in [5, 5.41) is 14.0. The number of rotatable bonds is 9. The first kappa shape index (κ1) is 22.5. The first-order valence-electron chi connectivity index (χ1n) is 8.96. The molecule has 0 aliphatic heterocycles. The number of nitro benzene ring substituents is 1. The van der Waals surface area contributed by atoms with E-state index >= 15 is 0 Å². The fraction of sp³-hybridized carbons (Fsp3) is 0.300. The van der Waals surface area contributed by atoms with Crippen LogP contribution in [0, 0.1) is 10.1 Å². The molecule has 1 N–H and O–H groups in total. The molecule has 0 heterocycles. The highest BCUT2D eigenvalue weighted by molar-refractivity contribution is 6.00. The summed E-state index contributed by atoms with van der Waals surface area (Å²) in [6.07, 6.45) is -1.24. The number of ether oxygens (including phenoxy) is 4. The molecule has 160 valence electrons. The van der Waals surface area contributed by atoms with Gasteiger partial charge in [-0.3, -0.25) is 14.9 Å². The number of amides is 1. The van der Waals surface area contributed by atoms with Crippen molar-refractivity contribution in [2.75, 3.05) is 26.1 Å². The zero-order chi connectivity index (χ0) is 22.3. The van der Waals surface area contributed by atoms with Crippen LogP contribution in [-0.2, 0) is 9.53 Å². The Morgan fingerprint density at radius 2 is 1.77 bits per heavy atom. The highest BCUT2D eigenvalue weighted by Crippen LogP contribution is 2.35. The number of esters is 1. The average Bonchev–Trinajstić information content (AvgIpc) is 2.73. The van der Waals surface area contributed by atoms with Crippen LogP contribution in [0.1, 0.15) is 24.2 Å². The number of hydrogen-bond donors (Lipinski definition) is 1. The largest absolute Gasteiger partial charge is 0.495 e. The quantitative estimate of drug-likeness (QED) is 0.374. The van der Waals surface area contributed by atoms with Crippen molar-refractivity contribution in [2.45, 2.75) is 20.0 Å². The lowest BCUT2D eigenvalue weighted by atomic mass is 10.1. The van der Waals surface area contributed by atoms with Crippen LogP contribution in [-0.4, -0.2) is 43.7 Å². The van der Waals surface area contributed by atoms with Gasteiger partial charge in [0.25, 0.3) is 11.6 Å². The van der Waals surface area contributed by atoms with E-state index in [2.05, 4.69) is 5.32 Å². The third-order valence-corrected chi connectivity index (χ3v) is 4.02. The molecule has 0 spiro atoms. The van der Waals surface area contributed by atoms with E-state index in [9.17, 15) is 19.7 Å². The molecular weight excluding hydrogens is 396 g/mol. The number of hydrogen-bond acceptors (Lipinski definition) is 8. The van der Waals surface area contributed by atoms with Crippen LogP contribution in [0.15, 0.2) is 36.4 Å². The van der Waals surface area contributed by atoms with Gasteiger partial charge in [0, 0.05) is 6.07 Å². The SMILES string of the molecule is CCOc1cc([N+](=O)[O-])c(C(=O)O[C@@H](C)C(=O)Nc2ccccc2OC)cc1OC. The molecule has 0 unspecified atom stereocenters. The standard InChI is InChI=1S/C20H22N2O8/c1-5-29-18-11-15(22(25)26)13(10-17(18)28-4)20(24)30-12(2)19(23)21-14-8-6-7-9-16(14)27-3/h6-12H,5H2,1-4H3,(H,21,23)/t12-/m0/s1. The zero-order valence-corrected chi connectivity index (χ0v) is 17.0. The van der Waals surface area contributed by atoms with Gasteiger partial charge in [0.1, 0.15) is 11.3 Å². The Hall–Kier alpha value is -3.82. The fourth-order valence-electron chi connectivity index (χ4n) is 2.55. The van der Waals surface area contributed by atoms with Gasteiger partial charge >= 0.3 is 5.97 Å². The van der Waals surface area contributed by atoms with Crippen molar-refractivity contribution < 1.29 is 33.5 Å². The van der Waals surface area contributed by atoms with Crippen molar-refractivity contribution >= 4 is 23.3 Å². The Balaban J connectivity index is 2.23. The van der Waals surface area contributed by atoms with Gasteiger partial charge in [-0.25, -0.2) is 4.79 Å². The summed E-state index contributed by atoms with van der Waals surface area (Å²) in [7, 11) is 2.79. The summed E-state index contributed by atoms with van der Waals surface area (Å²) in [4.78, 5) is 35.7. The fourth-order valence-corrected chi connectivity index (χ4v) is 2.55. The number of benzene rings is 2. The average molecular weight is 418 g/mol. The second kappa shape index (κ2) is 10.1. The van der Waals surface area contributed by atoms with Crippen LogP contribution in [0.3, 0.4) is 0 Å². The molecule has 0 aliphatic carbocycles. The van der Waals surface area contributed by atoms with Crippen LogP contribution in [0.4, 0.5) is 11.4 Å². The Morgan fingerprint density at radius 1 is 1.10 bits per heavy atom. The van der Waals surface area contributed by atoms with Crippen molar-refractivity contribution in [3.63, 3.8) is 0 Å². The highest BCUT2D eigenvalue weighted by Gasteiger charge is 2.28. The molecule has 0 aliphatic rings. The van der Waals surface area contributed by atoms with Crippen LogP contribution in [0.25, 0.3) is 0 Å². The second-order valence-corrected chi connectivity index (χ2v) is 5.95. The molecule has 1 atom stereocenters. The van der Waals surface area contributed by atoms with E-state index in [1.165, 1.54) is 21.1 Å². The third-order valence-electron chi connectivity index (χ3n) is 4.02. The summed E-state index contributed by atoms with van der Waals surface area (Å²) >= 11 is 0. The molecule has 0 saturated heterocycles. The molecule has 2 aromatic rings. The number of methoxy groups -OCH3 is 2. The molecular formula is C20H22N2O8. The van der Waals surface area contributed by atoms with Crippen LogP contribution in [0.2, 0.25) is 0 Å². The molecule has 1 amide bonds. The molecule has 0 aromatic heterocycles. The summed E-state index contributed by atoms with van der Waals surface area (Å²) < 4.78 is 20.7. The topological polar surface area (TPSA) is 126 Å². The van der Waals surface area contributed by atoms with Crippen LogP contribution in [0.5, 0.6) is 17.2 Å². The number of para-hydroxylation sites is 2. The monoisotopic (exact) mass is 418 g/mol. The Morgan fingerprint density at radius 3 is 2.37 bits per heavy atom. The lowest BCUT2D eigenvalue weighted by Crippen LogP contribution is -2.30. The molecule has 10 nitrogen and oxygen atoms in total. The molecule has 0 fully saturated rings. The Bertz CT molecular complexity index is 944. The number of nitrogens with zero attached hydrogens (tertiary/aromatic N) is 1. The Kier molecular flexibility index (Phi) is 7.56. The van der Waals surface area contributed by atoms with E-state index in [-0.39, 0.29) is 23.7 Å². The Labute approximate surface area is 172 Å². The van der Waals surface area contributed by atoms with Gasteiger partial charge in [-0.1, -0.05) is 12.1 Å². The number of anilines is 1. The van der Waals surface area contributed by atoms with Gasteiger partial charge in [0.05, 0.1) is 37.5 Å². The molecule has 10 heteroatoms. The van der Waals surface area contributed by atoms with Crippen molar-refractivity contribution in [3.05, 3.63) is 52.1 Å². The van der Waals surface area contributed by atoms with Crippen molar-refractivity contribution in [1.82, 2.24) is 0 Å². The van der Waals surface area contributed by atoms with Gasteiger partial charge < -0.3 is 24.3 Å². The minimum atomic E-state index is -1.24. The van der Waals surface area contributed by atoms with Gasteiger partial charge in [-0.05, 0) is 26.0 Å². The van der Waals surface area contributed by atoms with Crippen molar-refractivity contribution in [3.8, 4) is 17.2 Å². The maximum absolute atomic E-state index is 12.6. The maximum atomic E-state index is 12.6. The third kappa shape index (κ3) is 5.16. The second-order valence-electron chi connectivity index (χ2n) is 5.95. The molecule has 0 saturated carbocycles. The molecule has 2 rings (SSSR count). The van der Waals surface area contributed by atoms with E-state index in [4.69, 9.17) is 18.9 Å². The first-order valence-corrected chi connectivity index (χ1v) is 8.96. The number of carbonyl (C=O) groups excluding carboxylic acids is 2. The predicted molar refractivity (Wildman–Crippen MR) is 107 cm³/mol.